The molecule has 0 aromatic heterocycles. The summed E-state index contributed by atoms with van der Waals surface area (Å²) in [5.74, 6) is 0.634. The highest BCUT2D eigenvalue weighted by Crippen LogP contribution is 2.30. The third-order valence-electron chi connectivity index (χ3n) is 3.52. The molecular formula is C14H20N2O2S. The molecule has 5 heteroatoms. The molecule has 104 valence electrons. The van der Waals surface area contributed by atoms with Crippen molar-refractivity contribution in [2.24, 2.45) is 5.92 Å². The van der Waals surface area contributed by atoms with Crippen molar-refractivity contribution >= 4 is 15.7 Å². The summed E-state index contributed by atoms with van der Waals surface area (Å²) in [6, 6.07) is 8.31. The Labute approximate surface area is 114 Å². The monoisotopic (exact) mass is 280 g/mol. The molecular weight excluding hydrogens is 260 g/mol. The van der Waals surface area contributed by atoms with Gasteiger partial charge in [0.05, 0.1) is 5.75 Å². The summed E-state index contributed by atoms with van der Waals surface area (Å²) in [5.41, 5.74) is 1.80. The minimum absolute atomic E-state index is 0.261. The Morgan fingerprint density at radius 2 is 1.95 bits per heavy atom. The third kappa shape index (κ3) is 4.21. The maximum Gasteiger partial charge on any atom is 0.232 e. The lowest BCUT2D eigenvalue weighted by molar-refractivity contribution is 0.597. The Morgan fingerprint density at radius 3 is 2.63 bits per heavy atom. The Morgan fingerprint density at radius 1 is 1.16 bits per heavy atom. The lowest BCUT2D eigenvalue weighted by atomic mass is 10.2. The summed E-state index contributed by atoms with van der Waals surface area (Å²) in [4.78, 5) is 0. The molecule has 3 rings (SSSR count). The predicted molar refractivity (Wildman–Crippen MR) is 76.4 cm³/mol. The standard InChI is InChI=1S/C14H20N2O2S/c17-19(18,10-11-4-5-11)16-14-3-1-2-12(8-14)9-15-13-6-7-13/h1-3,8,11,13,15-16H,4-7,9-10H2. The Bertz CT molecular complexity index is 548. The van der Waals surface area contributed by atoms with Gasteiger partial charge in [0.25, 0.3) is 0 Å². The molecule has 2 aliphatic rings. The quantitative estimate of drug-likeness (QED) is 0.804. The van der Waals surface area contributed by atoms with Crippen LogP contribution in [-0.2, 0) is 16.6 Å². The first kappa shape index (κ1) is 12.9. The maximum atomic E-state index is 11.9. The van der Waals surface area contributed by atoms with Gasteiger partial charge in [-0.2, -0.15) is 0 Å². The zero-order chi connectivity index (χ0) is 13.3. The van der Waals surface area contributed by atoms with Crippen LogP contribution in [0.1, 0.15) is 31.2 Å². The fourth-order valence-corrected chi connectivity index (χ4v) is 3.63. The van der Waals surface area contributed by atoms with Gasteiger partial charge in [-0.15, -0.1) is 0 Å². The van der Waals surface area contributed by atoms with E-state index >= 15 is 0 Å². The molecule has 0 spiro atoms. The molecule has 2 aliphatic carbocycles. The van der Waals surface area contributed by atoms with E-state index in [1.807, 2.05) is 24.3 Å². The second-order valence-electron chi connectivity index (χ2n) is 5.68. The number of nitrogens with one attached hydrogen (secondary N) is 2. The molecule has 0 unspecified atom stereocenters. The topological polar surface area (TPSA) is 58.2 Å². The van der Waals surface area contributed by atoms with Crippen molar-refractivity contribution in [1.82, 2.24) is 5.32 Å². The van der Waals surface area contributed by atoms with Crippen LogP contribution in [0.2, 0.25) is 0 Å². The molecule has 1 aromatic carbocycles. The van der Waals surface area contributed by atoms with Crippen molar-refractivity contribution in [3.63, 3.8) is 0 Å². The molecule has 0 saturated heterocycles. The van der Waals surface area contributed by atoms with Crippen LogP contribution in [0.5, 0.6) is 0 Å². The van der Waals surface area contributed by atoms with E-state index in [0.717, 1.165) is 24.9 Å². The zero-order valence-corrected chi connectivity index (χ0v) is 11.7. The summed E-state index contributed by atoms with van der Waals surface area (Å²) in [5, 5.41) is 3.43. The van der Waals surface area contributed by atoms with E-state index in [9.17, 15) is 8.42 Å². The highest BCUT2D eigenvalue weighted by molar-refractivity contribution is 7.92. The van der Waals surface area contributed by atoms with E-state index in [1.165, 1.54) is 12.8 Å². The molecule has 0 aliphatic heterocycles. The van der Waals surface area contributed by atoms with Gasteiger partial charge in [-0.05, 0) is 49.3 Å². The van der Waals surface area contributed by atoms with Crippen LogP contribution in [0.15, 0.2) is 24.3 Å². The lowest BCUT2D eigenvalue weighted by Gasteiger charge is -2.09. The largest absolute Gasteiger partial charge is 0.310 e. The molecule has 2 saturated carbocycles. The summed E-state index contributed by atoms with van der Waals surface area (Å²) in [6.07, 6.45) is 4.61. The maximum absolute atomic E-state index is 11.9. The molecule has 0 atom stereocenters. The van der Waals surface area contributed by atoms with Crippen LogP contribution in [-0.4, -0.2) is 20.2 Å². The van der Waals surface area contributed by atoms with Gasteiger partial charge >= 0.3 is 0 Å². The number of benzene rings is 1. The highest BCUT2D eigenvalue weighted by atomic mass is 32.2. The van der Waals surface area contributed by atoms with Gasteiger partial charge in [0.2, 0.25) is 10.0 Å². The van der Waals surface area contributed by atoms with Crippen LogP contribution >= 0.6 is 0 Å². The van der Waals surface area contributed by atoms with E-state index in [-0.39, 0.29) is 5.75 Å². The fourth-order valence-electron chi connectivity index (χ4n) is 2.11. The molecule has 0 radical (unpaired) electrons. The number of hydrogen-bond donors (Lipinski definition) is 2. The molecule has 2 fully saturated rings. The van der Waals surface area contributed by atoms with Crippen LogP contribution in [0.25, 0.3) is 0 Å². The van der Waals surface area contributed by atoms with Crippen LogP contribution < -0.4 is 10.0 Å². The Balaban J connectivity index is 1.60. The van der Waals surface area contributed by atoms with Gasteiger partial charge in [0.1, 0.15) is 0 Å². The molecule has 19 heavy (non-hydrogen) atoms. The number of sulfonamides is 1. The van der Waals surface area contributed by atoms with E-state index < -0.39 is 10.0 Å². The van der Waals surface area contributed by atoms with Gasteiger partial charge in [0.15, 0.2) is 0 Å². The molecule has 0 amide bonds. The minimum atomic E-state index is -3.18. The first-order chi connectivity index (χ1) is 9.11. The smallest absolute Gasteiger partial charge is 0.232 e. The molecule has 0 heterocycles. The van der Waals surface area contributed by atoms with Crippen molar-refractivity contribution in [2.75, 3.05) is 10.5 Å². The van der Waals surface area contributed by atoms with Crippen molar-refractivity contribution in [2.45, 2.75) is 38.3 Å². The number of hydrogen-bond acceptors (Lipinski definition) is 3. The average molecular weight is 280 g/mol. The van der Waals surface area contributed by atoms with Crippen LogP contribution in [0, 0.1) is 5.92 Å². The summed E-state index contributed by atoms with van der Waals surface area (Å²) < 4.78 is 26.5. The zero-order valence-electron chi connectivity index (χ0n) is 10.9. The van der Waals surface area contributed by atoms with Gasteiger partial charge in [0, 0.05) is 18.3 Å². The van der Waals surface area contributed by atoms with Crippen LogP contribution in [0.4, 0.5) is 5.69 Å². The minimum Gasteiger partial charge on any atom is -0.310 e. The van der Waals surface area contributed by atoms with Crippen molar-refractivity contribution < 1.29 is 8.42 Å². The lowest BCUT2D eigenvalue weighted by Crippen LogP contribution is -2.18. The van der Waals surface area contributed by atoms with E-state index in [4.69, 9.17) is 0 Å². The highest BCUT2D eigenvalue weighted by Gasteiger charge is 2.28. The molecule has 4 nitrogen and oxygen atoms in total. The fraction of sp³-hybridized carbons (Fsp3) is 0.571. The SMILES string of the molecule is O=S(=O)(CC1CC1)Nc1cccc(CNC2CC2)c1. The summed E-state index contributed by atoms with van der Waals surface area (Å²) in [6.45, 7) is 0.808. The van der Waals surface area contributed by atoms with Crippen molar-refractivity contribution in [3.05, 3.63) is 29.8 Å². The average Bonchev–Trinajstić information content (AvgIpc) is 3.21. The Kier molecular flexibility index (Phi) is 3.50. The predicted octanol–water partition coefficient (Wildman–Crippen LogP) is 2.09. The summed E-state index contributed by atoms with van der Waals surface area (Å²) >= 11 is 0. The van der Waals surface area contributed by atoms with Gasteiger partial charge < -0.3 is 5.32 Å². The van der Waals surface area contributed by atoms with E-state index in [2.05, 4.69) is 10.0 Å². The molecule has 1 aromatic rings. The van der Waals surface area contributed by atoms with Gasteiger partial charge in [-0.25, -0.2) is 8.42 Å². The van der Waals surface area contributed by atoms with Crippen LogP contribution in [0.3, 0.4) is 0 Å². The second kappa shape index (κ2) is 5.13. The Hall–Kier alpha value is -1.07. The number of anilines is 1. The third-order valence-corrected chi connectivity index (χ3v) is 4.98. The number of rotatable bonds is 7. The first-order valence-corrected chi connectivity index (χ1v) is 8.59. The van der Waals surface area contributed by atoms with E-state index in [1.54, 1.807) is 0 Å². The summed E-state index contributed by atoms with van der Waals surface area (Å²) in [7, 11) is -3.18. The van der Waals surface area contributed by atoms with Crippen molar-refractivity contribution in [1.29, 1.82) is 0 Å². The second-order valence-corrected chi connectivity index (χ2v) is 7.45. The van der Waals surface area contributed by atoms with Gasteiger partial charge in [-0.3, -0.25) is 4.72 Å². The van der Waals surface area contributed by atoms with Crippen molar-refractivity contribution in [3.8, 4) is 0 Å². The van der Waals surface area contributed by atoms with E-state index in [0.29, 0.717) is 17.6 Å². The normalized spacial score (nSPS) is 19.4. The molecule has 2 N–H and O–H groups in total. The first-order valence-electron chi connectivity index (χ1n) is 6.93. The van der Waals surface area contributed by atoms with Gasteiger partial charge in [-0.1, -0.05) is 12.1 Å². The molecule has 0 bridgehead atoms.